The Morgan fingerprint density at radius 3 is 2.55 bits per heavy atom. The molecule has 20 heavy (non-hydrogen) atoms. The van der Waals surface area contributed by atoms with Crippen LogP contribution >= 0.6 is 11.3 Å². The van der Waals surface area contributed by atoms with Gasteiger partial charge in [-0.25, -0.2) is 0 Å². The zero-order chi connectivity index (χ0) is 15.1. The lowest BCUT2D eigenvalue weighted by molar-refractivity contribution is 0.0941. The number of amides is 1. The maximum absolute atomic E-state index is 12.2. The second-order valence-electron chi connectivity index (χ2n) is 5.53. The van der Waals surface area contributed by atoms with Crippen molar-refractivity contribution in [1.29, 1.82) is 0 Å². The lowest BCUT2D eigenvalue weighted by Gasteiger charge is -2.24. The highest BCUT2D eigenvalue weighted by atomic mass is 32.1. The molecule has 1 aromatic heterocycles. The molecular weight excluding hydrogens is 268 g/mol. The van der Waals surface area contributed by atoms with Crippen molar-refractivity contribution in [3.05, 3.63) is 21.9 Å². The van der Waals surface area contributed by atoms with Crippen LogP contribution in [-0.2, 0) is 0 Å². The fourth-order valence-electron chi connectivity index (χ4n) is 2.26. The highest BCUT2D eigenvalue weighted by Gasteiger charge is 2.19. The van der Waals surface area contributed by atoms with E-state index < -0.39 is 0 Å². The molecule has 1 heterocycles. The number of thiophene rings is 1. The molecular formula is C16H24N2OS. The maximum Gasteiger partial charge on any atom is 0.262 e. The van der Waals surface area contributed by atoms with Crippen molar-refractivity contribution in [2.75, 3.05) is 13.1 Å². The Hall–Kier alpha value is -1.31. The number of hydrogen-bond donors (Lipinski definition) is 2. The van der Waals surface area contributed by atoms with E-state index in [9.17, 15) is 4.79 Å². The number of nitrogens with two attached hydrogens (primary N) is 1. The van der Waals surface area contributed by atoms with Crippen LogP contribution in [0.3, 0.4) is 0 Å². The Kier molecular flexibility index (Phi) is 6.77. The maximum atomic E-state index is 12.2. The van der Waals surface area contributed by atoms with E-state index in [-0.39, 0.29) is 5.91 Å². The van der Waals surface area contributed by atoms with Crippen molar-refractivity contribution >= 4 is 17.2 Å². The molecule has 0 bridgehead atoms. The number of carbonyl (C=O) groups excluding carboxylic acids is 1. The number of rotatable bonds is 5. The van der Waals surface area contributed by atoms with Gasteiger partial charge in [-0.1, -0.05) is 39.5 Å². The molecule has 3 nitrogen and oxygen atoms in total. The second kappa shape index (κ2) is 8.08. The van der Waals surface area contributed by atoms with Gasteiger partial charge in [-0.2, -0.15) is 0 Å². The molecule has 0 atom stereocenters. The molecule has 0 radical (unpaired) electrons. The molecule has 0 aliphatic heterocycles. The van der Waals surface area contributed by atoms with E-state index in [1.54, 1.807) is 0 Å². The van der Waals surface area contributed by atoms with Gasteiger partial charge in [-0.3, -0.25) is 4.79 Å². The summed E-state index contributed by atoms with van der Waals surface area (Å²) < 4.78 is 0. The summed E-state index contributed by atoms with van der Waals surface area (Å²) in [5.41, 5.74) is 6.13. The van der Waals surface area contributed by atoms with Crippen LogP contribution in [0.1, 0.15) is 42.9 Å². The summed E-state index contributed by atoms with van der Waals surface area (Å²) in [7, 11) is 0. The average molecular weight is 292 g/mol. The topological polar surface area (TPSA) is 55.1 Å². The quantitative estimate of drug-likeness (QED) is 0.820. The van der Waals surface area contributed by atoms with Gasteiger partial charge >= 0.3 is 0 Å². The van der Waals surface area contributed by atoms with E-state index >= 15 is 0 Å². The van der Waals surface area contributed by atoms with Crippen molar-refractivity contribution < 1.29 is 4.79 Å². The number of nitrogens with one attached hydrogen (secondary N) is 1. The molecule has 0 saturated carbocycles. The van der Waals surface area contributed by atoms with Crippen LogP contribution in [0.4, 0.5) is 0 Å². The molecule has 1 amide bonds. The van der Waals surface area contributed by atoms with Crippen molar-refractivity contribution in [2.45, 2.75) is 27.7 Å². The molecule has 0 unspecified atom stereocenters. The molecule has 0 fully saturated rings. The molecule has 0 aliphatic carbocycles. The van der Waals surface area contributed by atoms with E-state index in [2.05, 4.69) is 44.9 Å². The van der Waals surface area contributed by atoms with E-state index in [0.717, 1.165) is 5.56 Å². The van der Waals surface area contributed by atoms with Gasteiger partial charge in [-0.15, -0.1) is 11.3 Å². The molecule has 3 N–H and O–H groups in total. The first-order chi connectivity index (χ1) is 9.47. The standard InChI is InChI=1S/C16H24N2OS/c1-11(2)14(12(3)4)10-18-16(19)15-13(6-5-8-17)7-9-20-15/h7,9,11-12,14H,8,10,17H2,1-4H3,(H,18,19). The summed E-state index contributed by atoms with van der Waals surface area (Å²) in [5, 5.41) is 4.92. The van der Waals surface area contributed by atoms with Crippen molar-refractivity contribution in [3.63, 3.8) is 0 Å². The Balaban J connectivity index is 2.70. The van der Waals surface area contributed by atoms with Gasteiger partial charge in [0, 0.05) is 12.1 Å². The van der Waals surface area contributed by atoms with Gasteiger partial charge in [-0.05, 0) is 29.2 Å². The van der Waals surface area contributed by atoms with Crippen molar-refractivity contribution in [3.8, 4) is 11.8 Å². The zero-order valence-electron chi connectivity index (χ0n) is 12.7. The lowest BCUT2D eigenvalue weighted by atomic mass is 9.85. The summed E-state index contributed by atoms with van der Waals surface area (Å²) in [5.74, 6) is 7.28. The predicted octanol–water partition coefficient (Wildman–Crippen LogP) is 2.72. The third-order valence-electron chi connectivity index (χ3n) is 3.41. The Labute approximate surface area is 126 Å². The molecule has 0 aromatic carbocycles. The number of carbonyl (C=O) groups is 1. The predicted molar refractivity (Wildman–Crippen MR) is 85.8 cm³/mol. The first kappa shape index (κ1) is 16.7. The monoisotopic (exact) mass is 292 g/mol. The summed E-state index contributed by atoms with van der Waals surface area (Å²) in [6, 6.07) is 1.87. The van der Waals surface area contributed by atoms with E-state index in [1.165, 1.54) is 11.3 Å². The Morgan fingerprint density at radius 1 is 1.35 bits per heavy atom. The Bertz CT molecular complexity index is 486. The van der Waals surface area contributed by atoms with Crippen LogP contribution in [0, 0.1) is 29.6 Å². The summed E-state index contributed by atoms with van der Waals surface area (Å²) in [6.45, 7) is 9.79. The van der Waals surface area contributed by atoms with Gasteiger partial charge in [0.25, 0.3) is 5.91 Å². The largest absolute Gasteiger partial charge is 0.351 e. The summed E-state index contributed by atoms with van der Waals surface area (Å²) in [6.07, 6.45) is 0. The van der Waals surface area contributed by atoms with E-state index in [0.29, 0.717) is 35.7 Å². The molecule has 4 heteroatoms. The van der Waals surface area contributed by atoms with Crippen LogP contribution in [-0.4, -0.2) is 19.0 Å². The van der Waals surface area contributed by atoms with Crippen molar-refractivity contribution in [2.24, 2.45) is 23.5 Å². The minimum absolute atomic E-state index is 0.0346. The summed E-state index contributed by atoms with van der Waals surface area (Å²) in [4.78, 5) is 12.9. The fourth-order valence-corrected chi connectivity index (χ4v) is 3.03. The highest BCUT2D eigenvalue weighted by molar-refractivity contribution is 7.12. The SMILES string of the molecule is CC(C)C(CNC(=O)c1sccc1C#CCN)C(C)C. The van der Waals surface area contributed by atoms with Crippen LogP contribution in [0.25, 0.3) is 0 Å². The smallest absolute Gasteiger partial charge is 0.262 e. The number of hydrogen-bond acceptors (Lipinski definition) is 3. The molecule has 0 spiro atoms. The average Bonchev–Trinajstić information content (AvgIpc) is 2.83. The van der Waals surface area contributed by atoms with Gasteiger partial charge in [0.15, 0.2) is 0 Å². The molecule has 1 rings (SSSR count). The van der Waals surface area contributed by atoms with Crippen LogP contribution < -0.4 is 11.1 Å². The molecule has 0 aliphatic rings. The Morgan fingerprint density at radius 2 is 2.00 bits per heavy atom. The van der Waals surface area contributed by atoms with Gasteiger partial charge in [0.05, 0.1) is 6.54 Å². The lowest BCUT2D eigenvalue weighted by Crippen LogP contribution is -2.33. The van der Waals surface area contributed by atoms with Crippen LogP contribution in [0.2, 0.25) is 0 Å². The third-order valence-corrected chi connectivity index (χ3v) is 4.32. The second-order valence-corrected chi connectivity index (χ2v) is 6.45. The van der Waals surface area contributed by atoms with Gasteiger partial charge < -0.3 is 11.1 Å². The van der Waals surface area contributed by atoms with Crippen LogP contribution in [0.5, 0.6) is 0 Å². The highest BCUT2D eigenvalue weighted by Crippen LogP contribution is 2.20. The van der Waals surface area contributed by atoms with Crippen molar-refractivity contribution in [1.82, 2.24) is 5.32 Å². The minimum atomic E-state index is -0.0346. The first-order valence-corrected chi connectivity index (χ1v) is 7.90. The summed E-state index contributed by atoms with van der Waals surface area (Å²) >= 11 is 1.42. The third kappa shape index (κ3) is 4.66. The molecule has 1 aromatic rings. The van der Waals surface area contributed by atoms with Gasteiger partial charge in [0.1, 0.15) is 4.88 Å². The fraction of sp³-hybridized carbons (Fsp3) is 0.562. The van der Waals surface area contributed by atoms with Crippen LogP contribution in [0.15, 0.2) is 11.4 Å². The first-order valence-electron chi connectivity index (χ1n) is 7.02. The molecule has 110 valence electrons. The van der Waals surface area contributed by atoms with Gasteiger partial charge in [0.2, 0.25) is 0 Å². The van der Waals surface area contributed by atoms with E-state index in [1.807, 2.05) is 11.4 Å². The minimum Gasteiger partial charge on any atom is -0.351 e. The normalized spacial score (nSPS) is 10.8. The van der Waals surface area contributed by atoms with E-state index in [4.69, 9.17) is 5.73 Å². The zero-order valence-corrected chi connectivity index (χ0v) is 13.5. The molecule has 0 saturated heterocycles.